The molecule has 9 heteroatoms. The van der Waals surface area contributed by atoms with Crippen LogP contribution in [0.25, 0.3) is 0 Å². The lowest BCUT2D eigenvalue weighted by Gasteiger charge is -2.05. The fourth-order valence-electron chi connectivity index (χ4n) is 1.50. The molecule has 0 radical (unpaired) electrons. The summed E-state index contributed by atoms with van der Waals surface area (Å²) >= 11 is 0. The third kappa shape index (κ3) is 5.84. The summed E-state index contributed by atoms with van der Waals surface area (Å²) < 4.78 is 4.64. The summed E-state index contributed by atoms with van der Waals surface area (Å²) in [6.07, 6.45) is 0.992. The van der Waals surface area contributed by atoms with E-state index in [1.54, 1.807) is 13.0 Å². The zero-order valence-corrected chi connectivity index (χ0v) is 12.2. The smallest absolute Gasteiger partial charge is 0.350 e. The number of nitro groups is 1. The van der Waals surface area contributed by atoms with Crippen LogP contribution in [0.2, 0.25) is 0 Å². The lowest BCUT2D eigenvalue weighted by Crippen LogP contribution is -2.35. The molecule has 1 aromatic carbocycles. The molecule has 0 saturated heterocycles. The summed E-state index contributed by atoms with van der Waals surface area (Å²) in [5.74, 6) is -1.25. The first kappa shape index (κ1) is 17.6. The molecule has 1 rings (SSSR count). The van der Waals surface area contributed by atoms with Crippen LogP contribution in [-0.2, 0) is 20.7 Å². The van der Waals surface area contributed by atoms with Crippen LogP contribution in [-0.4, -0.2) is 23.4 Å². The number of hydrogen-bond donors (Lipinski definition) is 2. The third-order valence-electron chi connectivity index (χ3n) is 2.56. The van der Waals surface area contributed by atoms with Gasteiger partial charge in [0.25, 0.3) is 5.69 Å². The predicted octanol–water partition coefficient (Wildman–Crippen LogP) is 0.729. The number of benzene rings is 1. The van der Waals surface area contributed by atoms with Crippen LogP contribution in [0.4, 0.5) is 5.69 Å². The Kier molecular flexibility index (Phi) is 6.74. The zero-order valence-electron chi connectivity index (χ0n) is 12.2. The van der Waals surface area contributed by atoms with Gasteiger partial charge in [0.05, 0.1) is 18.0 Å². The minimum absolute atomic E-state index is 0.0277. The molecule has 0 aliphatic carbocycles. The number of carbonyl (C=O) groups is 2. The highest BCUT2D eigenvalue weighted by atomic mass is 16.6. The topological polar surface area (TPSA) is 134 Å². The van der Waals surface area contributed by atoms with Gasteiger partial charge in [-0.05, 0) is 12.5 Å². The van der Waals surface area contributed by atoms with Crippen LogP contribution in [0, 0.1) is 21.4 Å². The maximum atomic E-state index is 11.7. The van der Waals surface area contributed by atoms with Crippen molar-refractivity contribution in [3.8, 4) is 6.07 Å². The lowest BCUT2D eigenvalue weighted by atomic mass is 10.1. The molecule has 0 saturated carbocycles. The molecular weight excluding hydrogens is 304 g/mol. The van der Waals surface area contributed by atoms with E-state index in [1.165, 1.54) is 24.3 Å². The molecular formula is C14H14N4O5. The number of rotatable bonds is 7. The van der Waals surface area contributed by atoms with Gasteiger partial charge in [-0.25, -0.2) is 4.79 Å². The van der Waals surface area contributed by atoms with E-state index in [-0.39, 0.29) is 24.3 Å². The second kappa shape index (κ2) is 8.78. The number of hydrogen-bond acceptors (Lipinski definition) is 7. The molecule has 0 atom stereocenters. The van der Waals surface area contributed by atoms with E-state index in [1.807, 2.05) is 0 Å². The monoisotopic (exact) mass is 318 g/mol. The number of esters is 1. The summed E-state index contributed by atoms with van der Waals surface area (Å²) in [6.45, 7) is 1.73. The van der Waals surface area contributed by atoms with E-state index in [2.05, 4.69) is 15.6 Å². The molecule has 0 unspecified atom stereocenters. The Labute approximate surface area is 131 Å². The van der Waals surface area contributed by atoms with E-state index < -0.39 is 16.8 Å². The van der Waals surface area contributed by atoms with Crippen LogP contribution >= 0.6 is 0 Å². The van der Waals surface area contributed by atoms with Crippen LogP contribution < -0.4 is 10.9 Å². The quantitative estimate of drug-likeness (QED) is 0.249. The molecule has 0 aliphatic heterocycles. The van der Waals surface area contributed by atoms with Gasteiger partial charge in [0.1, 0.15) is 6.07 Å². The third-order valence-corrected chi connectivity index (χ3v) is 2.56. The molecule has 0 fully saturated rings. The number of nitrogens with one attached hydrogen (secondary N) is 2. The molecule has 0 aliphatic rings. The molecule has 0 spiro atoms. The Morgan fingerprint density at radius 3 is 2.57 bits per heavy atom. The van der Waals surface area contributed by atoms with Crippen LogP contribution in [0.3, 0.4) is 0 Å². The number of nitro benzene ring substituents is 1. The first-order chi connectivity index (χ1) is 11.0. The van der Waals surface area contributed by atoms with Gasteiger partial charge in [-0.3, -0.25) is 20.3 Å². The minimum Gasteiger partial charge on any atom is -0.462 e. The second-order valence-corrected chi connectivity index (χ2v) is 4.18. The van der Waals surface area contributed by atoms with E-state index in [9.17, 15) is 19.7 Å². The van der Waals surface area contributed by atoms with Crippen molar-refractivity contribution >= 4 is 17.6 Å². The van der Waals surface area contributed by atoms with Crippen LogP contribution in [0.15, 0.2) is 36.0 Å². The van der Waals surface area contributed by atoms with Gasteiger partial charge >= 0.3 is 5.97 Å². The fraction of sp³-hybridized carbons (Fsp3) is 0.214. The van der Waals surface area contributed by atoms with Gasteiger partial charge in [-0.2, -0.15) is 5.26 Å². The van der Waals surface area contributed by atoms with Crippen molar-refractivity contribution in [1.82, 2.24) is 10.9 Å². The van der Waals surface area contributed by atoms with Crippen molar-refractivity contribution in [3.63, 3.8) is 0 Å². The molecule has 23 heavy (non-hydrogen) atoms. The first-order valence-electron chi connectivity index (χ1n) is 6.53. The SMILES string of the molecule is CCOC(=O)/C(C#N)=C\NNC(=O)Cc1ccc([N+](=O)[O-])cc1. The zero-order chi connectivity index (χ0) is 17.2. The Bertz CT molecular complexity index is 661. The highest BCUT2D eigenvalue weighted by molar-refractivity contribution is 5.92. The normalized spacial score (nSPS) is 10.3. The van der Waals surface area contributed by atoms with Crippen molar-refractivity contribution in [2.45, 2.75) is 13.3 Å². The molecule has 9 nitrogen and oxygen atoms in total. The van der Waals surface area contributed by atoms with Gasteiger partial charge in [0.15, 0.2) is 5.57 Å². The van der Waals surface area contributed by atoms with Crippen LogP contribution in [0.5, 0.6) is 0 Å². The Hall–Kier alpha value is -3.41. The van der Waals surface area contributed by atoms with E-state index >= 15 is 0 Å². The van der Waals surface area contributed by atoms with Crippen molar-refractivity contribution in [2.75, 3.05) is 6.61 Å². The molecule has 120 valence electrons. The molecule has 0 bridgehead atoms. The largest absolute Gasteiger partial charge is 0.462 e. The molecule has 0 aromatic heterocycles. The maximum absolute atomic E-state index is 11.7. The Morgan fingerprint density at radius 2 is 2.04 bits per heavy atom. The average Bonchev–Trinajstić information content (AvgIpc) is 2.52. The summed E-state index contributed by atoms with van der Waals surface area (Å²) in [4.78, 5) is 33.0. The van der Waals surface area contributed by atoms with E-state index in [0.717, 1.165) is 6.20 Å². The molecule has 0 heterocycles. The number of nitriles is 1. The van der Waals surface area contributed by atoms with E-state index in [4.69, 9.17) is 5.26 Å². The predicted molar refractivity (Wildman–Crippen MR) is 78.4 cm³/mol. The second-order valence-electron chi connectivity index (χ2n) is 4.18. The first-order valence-corrected chi connectivity index (χ1v) is 6.53. The number of nitrogens with zero attached hydrogens (tertiary/aromatic N) is 2. The maximum Gasteiger partial charge on any atom is 0.350 e. The van der Waals surface area contributed by atoms with Gasteiger partial charge in [-0.15, -0.1) is 0 Å². The summed E-state index contributed by atoms with van der Waals surface area (Å²) in [5.41, 5.74) is 4.82. The van der Waals surface area contributed by atoms with Gasteiger partial charge < -0.3 is 10.2 Å². The van der Waals surface area contributed by atoms with Gasteiger partial charge in [-0.1, -0.05) is 12.1 Å². The van der Waals surface area contributed by atoms with Gasteiger partial charge in [0.2, 0.25) is 5.91 Å². The molecule has 1 amide bonds. The van der Waals surface area contributed by atoms with Crippen molar-refractivity contribution in [1.29, 1.82) is 5.26 Å². The van der Waals surface area contributed by atoms with Crippen LogP contribution in [0.1, 0.15) is 12.5 Å². The fourth-order valence-corrected chi connectivity index (χ4v) is 1.50. The number of hydrazine groups is 1. The van der Waals surface area contributed by atoms with Crippen molar-refractivity contribution in [2.24, 2.45) is 0 Å². The number of non-ortho nitro benzene ring substituents is 1. The van der Waals surface area contributed by atoms with Gasteiger partial charge in [0, 0.05) is 18.3 Å². The summed E-state index contributed by atoms with van der Waals surface area (Å²) in [7, 11) is 0. The Morgan fingerprint density at radius 1 is 1.39 bits per heavy atom. The van der Waals surface area contributed by atoms with E-state index in [0.29, 0.717) is 5.56 Å². The summed E-state index contributed by atoms with van der Waals surface area (Å²) in [6, 6.07) is 7.16. The molecule has 2 N–H and O–H groups in total. The Balaban J connectivity index is 2.52. The number of ether oxygens (including phenoxy) is 1. The minimum atomic E-state index is -0.799. The highest BCUT2D eigenvalue weighted by Crippen LogP contribution is 2.12. The molecule has 1 aromatic rings. The highest BCUT2D eigenvalue weighted by Gasteiger charge is 2.10. The van der Waals surface area contributed by atoms with Crippen molar-refractivity contribution < 1.29 is 19.2 Å². The number of carbonyl (C=O) groups excluding carboxylic acids is 2. The lowest BCUT2D eigenvalue weighted by molar-refractivity contribution is -0.384. The van der Waals surface area contributed by atoms with Crippen molar-refractivity contribution in [3.05, 3.63) is 51.7 Å². The average molecular weight is 318 g/mol. The summed E-state index contributed by atoms with van der Waals surface area (Å²) in [5, 5.41) is 19.3. The number of amides is 1. The standard InChI is InChI=1S/C14H14N4O5/c1-2-23-14(20)11(8-15)9-16-17-13(19)7-10-3-5-12(6-4-10)18(21)22/h3-6,9,16H,2,7H2,1H3,(H,17,19)/b11-9-.